The second-order valence-electron chi connectivity index (χ2n) is 5.35. The summed E-state index contributed by atoms with van der Waals surface area (Å²) in [6.45, 7) is 0. The Bertz CT molecular complexity index is 693. The Kier molecular flexibility index (Phi) is 3.98. The fourth-order valence-corrected chi connectivity index (χ4v) is 2.62. The summed E-state index contributed by atoms with van der Waals surface area (Å²) in [5.41, 5.74) is 2.70. The van der Waals surface area contributed by atoms with E-state index >= 15 is 0 Å². The van der Waals surface area contributed by atoms with Gasteiger partial charge in [-0.3, -0.25) is 4.79 Å². The summed E-state index contributed by atoms with van der Waals surface area (Å²) in [6, 6.07) is 13.4. The lowest BCUT2D eigenvalue weighted by Gasteiger charge is -2.12. The van der Waals surface area contributed by atoms with Gasteiger partial charge in [0.2, 0.25) is 5.91 Å². The molecule has 0 aromatic heterocycles. The second kappa shape index (κ2) is 5.95. The van der Waals surface area contributed by atoms with Gasteiger partial charge in [-0.15, -0.1) is 13.2 Å². The number of ether oxygens (including phenoxy) is 1. The third-order valence-corrected chi connectivity index (χ3v) is 3.73. The molecule has 0 unspecified atom stereocenters. The monoisotopic (exact) mass is 321 g/mol. The van der Waals surface area contributed by atoms with E-state index in [-0.39, 0.29) is 17.7 Å². The predicted octanol–water partition coefficient (Wildman–Crippen LogP) is 4.20. The zero-order valence-corrected chi connectivity index (χ0v) is 12.1. The number of hydrogen-bond acceptors (Lipinski definition) is 2. The normalized spacial score (nSPS) is 17.9. The number of amides is 1. The maximum absolute atomic E-state index is 12.1. The quantitative estimate of drug-likeness (QED) is 0.920. The van der Waals surface area contributed by atoms with E-state index in [1.54, 1.807) is 12.1 Å². The number of carbonyl (C=O) groups is 1. The lowest BCUT2D eigenvalue weighted by atomic mass is 10.00. The van der Waals surface area contributed by atoms with Crippen molar-refractivity contribution in [3.05, 3.63) is 54.1 Å². The van der Waals surface area contributed by atoms with Crippen LogP contribution in [0.15, 0.2) is 48.5 Å². The third-order valence-electron chi connectivity index (χ3n) is 3.73. The van der Waals surface area contributed by atoms with Crippen LogP contribution in [-0.2, 0) is 4.79 Å². The highest BCUT2D eigenvalue weighted by atomic mass is 19.4. The first kappa shape index (κ1) is 15.4. The van der Waals surface area contributed by atoms with Crippen LogP contribution >= 0.6 is 0 Å². The fourth-order valence-electron chi connectivity index (χ4n) is 2.62. The summed E-state index contributed by atoms with van der Waals surface area (Å²) in [6.07, 6.45) is -3.37. The predicted molar refractivity (Wildman–Crippen MR) is 78.7 cm³/mol. The summed E-state index contributed by atoms with van der Waals surface area (Å²) in [5, 5.41) is 2.90. The summed E-state index contributed by atoms with van der Waals surface area (Å²) in [7, 11) is 0. The smallest absolute Gasteiger partial charge is 0.406 e. The van der Waals surface area contributed by atoms with Crippen molar-refractivity contribution in [2.75, 3.05) is 0 Å². The van der Waals surface area contributed by atoms with Crippen LogP contribution in [0.3, 0.4) is 0 Å². The average Bonchev–Trinajstić information content (AvgIpc) is 2.93. The Hall–Kier alpha value is -2.50. The van der Waals surface area contributed by atoms with E-state index < -0.39 is 6.36 Å². The molecule has 1 aliphatic rings. The van der Waals surface area contributed by atoms with Crippen LogP contribution in [0, 0.1) is 0 Å². The first-order valence-corrected chi connectivity index (χ1v) is 7.16. The SMILES string of the molecule is O=C1CC[C@H](c2ccc(-c3ccc(OC(F)(F)F)cc3)cc2)N1. The first-order chi connectivity index (χ1) is 10.9. The number of hydrogen-bond donors (Lipinski definition) is 1. The molecular formula is C17H14F3NO2. The molecule has 1 aliphatic heterocycles. The van der Waals surface area contributed by atoms with Crippen molar-refractivity contribution in [1.82, 2.24) is 5.32 Å². The van der Waals surface area contributed by atoms with Crippen LogP contribution < -0.4 is 10.1 Å². The zero-order valence-electron chi connectivity index (χ0n) is 12.1. The Morgan fingerprint density at radius 3 is 2.00 bits per heavy atom. The van der Waals surface area contributed by atoms with Crippen molar-refractivity contribution in [2.45, 2.75) is 25.2 Å². The molecule has 1 heterocycles. The highest BCUT2D eigenvalue weighted by molar-refractivity contribution is 5.78. The van der Waals surface area contributed by atoms with Gasteiger partial charge in [-0.05, 0) is 35.2 Å². The van der Waals surface area contributed by atoms with Gasteiger partial charge in [-0.2, -0.15) is 0 Å². The Balaban J connectivity index is 1.73. The van der Waals surface area contributed by atoms with Crippen LogP contribution in [-0.4, -0.2) is 12.3 Å². The van der Waals surface area contributed by atoms with Gasteiger partial charge >= 0.3 is 6.36 Å². The first-order valence-electron chi connectivity index (χ1n) is 7.16. The maximum atomic E-state index is 12.1. The van der Waals surface area contributed by atoms with Gasteiger partial charge in [0.25, 0.3) is 0 Å². The van der Waals surface area contributed by atoms with E-state index in [2.05, 4.69) is 10.1 Å². The molecule has 23 heavy (non-hydrogen) atoms. The van der Waals surface area contributed by atoms with E-state index in [0.717, 1.165) is 23.1 Å². The molecule has 0 bridgehead atoms. The molecule has 2 aromatic carbocycles. The van der Waals surface area contributed by atoms with Crippen molar-refractivity contribution in [1.29, 1.82) is 0 Å². The van der Waals surface area contributed by atoms with Gasteiger partial charge < -0.3 is 10.1 Å². The molecule has 0 radical (unpaired) electrons. The van der Waals surface area contributed by atoms with Crippen molar-refractivity contribution < 1.29 is 22.7 Å². The molecule has 2 aromatic rings. The highest BCUT2D eigenvalue weighted by Crippen LogP contribution is 2.29. The summed E-state index contributed by atoms with van der Waals surface area (Å²) in [5.74, 6) is -0.189. The minimum Gasteiger partial charge on any atom is -0.406 e. The molecule has 120 valence electrons. The molecule has 1 amide bonds. The van der Waals surface area contributed by atoms with Crippen LogP contribution in [0.2, 0.25) is 0 Å². The van der Waals surface area contributed by atoms with Crippen LogP contribution in [0.1, 0.15) is 24.4 Å². The highest BCUT2D eigenvalue weighted by Gasteiger charge is 2.31. The molecule has 1 N–H and O–H groups in total. The number of halogens is 3. The molecule has 1 fully saturated rings. The topological polar surface area (TPSA) is 38.3 Å². The molecule has 0 saturated carbocycles. The van der Waals surface area contributed by atoms with E-state index in [0.29, 0.717) is 6.42 Å². The van der Waals surface area contributed by atoms with Crippen LogP contribution in [0.4, 0.5) is 13.2 Å². The molecule has 1 atom stereocenters. The van der Waals surface area contributed by atoms with Gasteiger partial charge in [-0.25, -0.2) is 0 Å². The number of carbonyl (C=O) groups excluding carboxylic acids is 1. The zero-order chi connectivity index (χ0) is 16.4. The van der Waals surface area contributed by atoms with Crippen LogP contribution in [0.5, 0.6) is 5.75 Å². The Morgan fingerprint density at radius 2 is 1.52 bits per heavy atom. The Labute approximate surface area is 131 Å². The lowest BCUT2D eigenvalue weighted by Crippen LogP contribution is -2.18. The summed E-state index contributed by atoms with van der Waals surface area (Å²) in [4.78, 5) is 11.2. The van der Waals surface area contributed by atoms with Crippen molar-refractivity contribution in [2.24, 2.45) is 0 Å². The van der Waals surface area contributed by atoms with Crippen molar-refractivity contribution in [3.63, 3.8) is 0 Å². The molecule has 3 rings (SSSR count). The van der Waals surface area contributed by atoms with Gasteiger partial charge in [0.15, 0.2) is 0 Å². The number of rotatable bonds is 3. The average molecular weight is 321 g/mol. The third kappa shape index (κ3) is 3.83. The van der Waals surface area contributed by atoms with E-state index in [9.17, 15) is 18.0 Å². The van der Waals surface area contributed by atoms with E-state index in [1.165, 1.54) is 12.1 Å². The standard InChI is InChI=1S/C17H14F3NO2/c18-17(19,20)23-14-7-5-12(6-8-14)11-1-3-13(4-2-11)15-9-10-16(22)21-15/h1-8,15H,9-10H2,(H,21,22)/t15-/m1/s1. The van der Waals surface area contributed by atoms with E-state index in [4.69, 9.17) is 0 Å². The van der Waals surface area contributed by atoms with Gasteiger partial charge in [0.1, 0.15) is 5.75 Å². The minimum absolute atomic E-state index is 0.0408. The van der Waals surface area contributed by atoms with Gasteiger partial charge in [-0.1, -0.05) is 36.4 Å². The second-order valence-corrected chi connectivity index (χ2v) is 5.35. The Morgan fingerprint density at radius 1 is 0.957 bits per heavy atom. The largest absolute Gasteiger partial charge is 0.573 e. The molecule has 6 heteroatoms. The molecule has 3 nitrogen and oxygen atoms in total. The summed E-state index contributed by atoms with van der Waals surface area (Å²) >= 11 is 0. The number of alkyl halides is 3. The number of benzene rings is 2. The molecular weight excluding hydrogens is 307 g/mol. The molecule has 0 spiro atoms. The van der Waals surface area contributed by atoms with Gasteiger partial charge in [0, 0.05) is 6.42 Å². The van der Waals surface area contributed by atoms with Crippen molar-refractivity contribution >= 4 is 5.91 Å². The van der Waals surface area contributed by atoms with Crippen LogP contribution in [0.25, 0.3) is 11.1 Å². The van der Waals surface area contributed by atoms with Crippen molar-refractivity contribution in [3.8, 4) is 16.9 Å². The summed E-state index contributed by atoms with van der Waals surface area (Å²) < 4.78 is 40.2. The van der Waals surface area contributed by atoms with Gasteiger partial charge in [0.05, 0.1) is 6.04 Å². The lowest BCUT2D eigenvalue weighted by molar-refractivity contribution is -0.274. The fraction of sp³-hybridized carbons (Fsp3) is 0.235. The minimum atomic E-state index is -4.69. The maximum Gasteiger partial charge on any atom is 0.573 e. The van der Waals surface area contributed by atoms with E-state index in [1.807, 2.05) is 24.3 Å². The molecule has 1 saturated heterocycles. The number of nitrogens with one attached hydrogen (secondary N) is 1. The molecule has 0 aliphatic carbocycles.